The molecular weight excluding hydrogens is 414 g/mol. The Morgan fingerprint density at radius 2 is 1.68 bits per heavy atom. The van der Waals surface area contributed by atoms with E-state index in [-0.39, 0.29) is 42.7 Å². The van der Waals surface area contributed by atoms with Gasteiger partial charge in [-0.1, -0.05) is 44.2 Å². The van der Waals surface area contributed by atoms with E-state index in [2.05, 4.69) is 5.32 Å². The average molecular weight is 450 g/mol. The number of nitrogens with one attached hydrogen (secondary N) is 1. The van der Waals surface area contributed by atoms with E-state index < -0.39 is 23.8 Å². The highest BCUT2D eigenvalue weighted by molar-refractivity contribution is 7.98. The van der Waals surface area contributed by atoms with Crippen LogP contribution in [0, 0.1) is 17.8 Å². The van der Waals surface area contributed by atoms with Crippen LogP contribution < -0.4 is 5.32 Å². The quantitative estimate of drug-likeness (QED) is 0.423. The maximum Gasteiger partial charge on any atom is 0.307 e. The second-order valence-corrected chi connectivity index (χ2v) is 9.46. The maximum atomic E-state index is 13.0. The van der Waals surface area contributed by atoms with Gasteiger partial charge < -0.3 is 15.2 Å². The average Bonchev–Trinajstić information content (AvgIpc) is 2.70. The zero-order valence-corrected chi connectivity index (χ0v) is 19.7. The van der Waals surface area contributed by atoms with Crippen LogP contribution in [0.3, 0.4) is 0 Å². The van der Waals surface area contributed by atoms with Gasteiger partial charge in [-0.25, -0.2) is 0 Å². The number of hydrogen-bond acceptors (Lipinski definition) is 5. The summed E-state index contributed by atoms with van der Waals surface area (Å²) in [4.78, 5) is 49.2. The third kappa shape index (κ3) is 10.6. The van der Waals surface area contributed by atoms with Gasteiger partial charge in [0.1, 0.15) is 5.78 Å². The number of amides is 1. The first kappa shape index (κ1) is 26.9. The number of carbonyl (C=O) groups is 4. The predicted molar refractivity (Wildman–Crippen MR) is 124 cm³/mol. The highest BCUT2D eigenvalue weighted by Gasteiger charge is 2.30. The molecule has 0 aliphatic carbocycles. The molecule has 0 saturated carbocycles. The Morgan fingerprint density at radius 3 is 2.19 bits per heavy atom. The van der Waals surface area contributed by atoms with Crippen LogP contribution >= 0.6 is 11.8 Å². The van der Waals surface area contributed by atoms with E-state index in [9.17, 15) is 24.3 Å². The largest absolute Gasteiger partial charge is 0.481 e. The van der Waals surface area contributed by atoms with Crippen LogP contribution in [0.4, 0.5) is 0 Å². The molecule has 6 nitrogen and oxygen atoms in total. The number of rotatable bonds is 15. The number of benzene rings is 1. The molecule has 0 spiro atoms. The fourth-order valence-electron chi connectivity index (χ4n) is 3.50. The summed E-state index contributed by atoms with van der Waals surface area (Å²) in [6.45, 7) is 5.36. The summed E-state index contributed by atoms with van der Waals surface area (Å²) in [7, 11) is 0. The molecule has 7 heteroatoms. The van der Waals surface area contributed by atoms with Crippen molar-refractivity contribution >= 4 is 35.2 Å². The van der Waals surface area contributed by atoms with E-state index in [1.807, 2.05) is 50.4 Å². The molecule has 1 rings (SSSR count). The van der Waals surface area contributed by atoms with Crippen molar-refractivity contribution in [1.82, 2.24) is 5.32 Å². The van der Waals surface area contributed by atoms with Crippen LogP contribution in [0.5, 0.6) is 0 Å². The van der Waals surface area contributed by atoms with Gasteiger partial charge in [-0.2, -0.15) is 11.8 Å². The van der Waals surface area contributed by atoms with Gasteiger partial charge in [0.15, 0.2) is 5.78 Å². The van der Waals surface area contributed by atoms with Crippen molar-refractivity contribution in [3.63, 3.8) is 0 Å². The van der Waals surface area contributed by atoms with Gasteiger partial charge in [-0.05, 0) is 49.7 Å². The minimum Gasteiger partial charge on any atom is -0.481 e. The molecule has 0 aliphatic rings. The molecule has 3 unspecified atom stereocenters. The molecule has 172 valence electrons. The fraction of sp³-hybridized carbons (Fsp3) is 0.583. The molecule has 1 aromatic rings. The van der Waals surface area contributed by atoms with Gasteiger partial charge in [0.05, 0.1) is 12.0 Å². The fourth-order valence-corrected chi connectivity index (χ4v) is 4.02. The van der Waals surface area contributed by atoms with Crippen molar-refractivity contribution in [3.8, 4) is 0 Å². The van der Waals surface area contributed by atoms with Gasteiger partial charge in [-0.3, -0.25) is 14.4 Å². The summed E-state index contributed by atoms with van der Waals surface area (Å²) in [6.07, 6.45) is 3.17. The van der Waals surface area contributed by atoms with E-state index in [0.29, 0.717) is 12.8 Å². The third-order valence-electron chi connectivity index (χ3n) is 5.11. The normalized spacial score (nSPS) is 14.0. The Morgan fingerprint density at radius 1 is 1.03 bits per heavy atom. The zero-order valence-electron chi connectivity index (χ0n) is 18.9. The van der Waals surface area contributed by atoms with Crippen molar-refractivity contribution in [3.05, 3.63) is 35.9 Å². The Balaban J connectivity index is 2.91. The van der Waals surface area contributed by atoms with Gasteiger partial charge in [0, 0.05) is 18.8 Å². The Labute approximate surface area is 189 Å². The Kier molecular flexibility index (Phi) is 12.2. The summed E-state index contributed by atoms with van der Waals surface area (Å²) in [6, 6.07) is 8.45. The van der Waals surface area contributed by atoms with E-state index in [0.717, 1.165) is 11.3 Å². The van der Waals surface area contributed by atoms with Crippen LogP contribution in [-0.2, 0) is 25.6 Å². The molecule has 0 radical (unpaired) electrons. The van der Waals surface area contributed by atoms with E-state index in [1.54, 1.807) is 11.8 Å². The standard InChI is InChI=1S/C24H35NO5S/c1-16(2)12-21(25-23(28)19(10-11-31-4)13-17(3)26)22(27)15-20(24(29)30)14-18-8-6-5-7-9-18/h5-9,16,19-21H,10-15H2,1-4H3,(H,25,28)(H,29,30). The SMILES string of the molecule is CSCCC(CC(C)=O)C(=O)NC(CC(C)C)C(=O)CC(Cc1ccccc1)C(=O)O. The van der Waals surface area contributed by atoms with Crippen molar-refractivity contribution < 1.29 is 24.3 Å². The minimum atomic E-state index is -1.03. The molecule has 1 amide bonds. The topological polar surface area (TPSA) is 101 Å². The summed E-state index contributed by atoms with van der Waals surface area (Å²) < 4.78 is 0. The third-order valence-corrected chi connectivity index (χ3v) is 5.75. The zero-order chi connectivity index (χ0) is 23.4. The lowest BCUT2D eigenvalue weighted by Crippen LogP contribution is -2.45. The van der Waals surface area contributed by atoms with Crippen LogP contribution in [0.2, 0.25) is 0 Å². The first-order valence-electron chi connectivity index (χ1n) is 10.7. The molecule has 0 aliphatic heterocycles. The minimum absolute atomic E-state index is 0.0678. The molecule has 0 bridgehead atoms. The molecule has 0 saturated heterocycles. The first-order valence-corrected chi connectivity index (χ1v) is 12.1. The lowest BCUT2D eigenvalue weighted by Gasteiger charge is -2.24. The van der Waals surface area contributed by atoms with Gasteiger partial charge in [0.25, 0.3) is 0 Å². The molecule has 0 aromatic heterocycles. The number of thioether (sulfide) groups is 1. The summed E-state index contributed by atoms with van der Waals surface area (Å²) in [5, 5.41) is 12.5. The number of aliphatic carboxylic acids is 1. The van der Waals surface area contributed by atoms with Crippen molar-refractivity contribution in [2.75, 3.05) is 12.0 Å². The van der Waals surface area contributed by atoms with E-state index in [4.69, 9.17) is 0 Å². The van der Waals surface area contributed by atoms with Crippen molar-refractivity contribution in [2.45, 2.75) is 58.9 Å². The monoisotopic (exact) mass is 449 g/mol. The van der Waals surface area contributed by atoms with Crippen LogP contribution in [0.1, 0.15) is 52.0 Å². The highest BCUT2D eigenvalue weighted by atomic mass is 32.2. The molecule has 0 heterocycles. The predicted octanol–water partition coefficient (Wildman–Crippen LogP) is 3.77. The molecule has 3 atom stereocenters. The van der Waals surface area contributed by atoms with Gasteiger partial charge in [0.2, 0.25) is 5.91 Å². The second kappa shape index (κ2) is 14.0. The van der Waals surface area contributed by atoms with E-state index >= 15 is 0 Å². The summed E-state index contributed by atoms with van der Waals surface area (Å²) in [5.74, 6) is -2.13. The molecular formula is C24H35NO5S. The molecule has 0 fully saturated rings. The lowest BCUT2D eigenvalue weighted by molar-refractivity contribution is -0.144. The molecule has 31 heavy (non-hydrogen) atoms. The Bertz CT molecular complexity index is 735. The number of Topliss-reactive ketones (excluding diaryl/α,β-unsaturated/α-hetero) is 2. The van der Waals surface area contributed by atoms with Gasteiger partial charge >= 0.3 is 5.97 Å². The number of carbonyl (C=O) groups excluding carboxylic acids is 3. The lowest BCUT2D eigenvalue weighted by atomic mass is 9.89. The van der Waals surface area contributed by atoms with Crippen LogP contribution in [0.15, 0.2) is 30.3 Å². The van der Waals surface area contributed by atoms with Gasteiger partial charge in [-0.15, -0.1) is 0 Å². The first-order chi connectivity index (χ1) is 14.6. The highest BCUT2D eigenvalue weighted by Crippen LogP contribution is 2.19. The van der Waals surface area contributed by atoms with Crippen molar-refractivity contribution in [1.29, 1.82) is 0 Å². The molecule has 2 N–H and O–H groups in total. The maximum absolute atomic E-state index is 13.0. The van der Waals surface area contributed by atoms with E-state index in [1.165, 1.54) is 6.92 Å². The Hall–Kier alpha value is -2.15. The van der Waals surface area contributed by atoms with Crippen LogP contribution in [0.25, 0.3) is 0 Å². The molecule has 1 aromatic carbocycles. The number of ketones is 2. The van der Waals surface area contributed by atoms with Crippen LogP contribution in [-0.4, -0.2) is 46.6 Å². The summed E-state index contributed by atoms with van der Waals surface area (Å²) >= 11 is 1.60. The number of carboxylic acid groups (broad SMARTS) is 1. The second-order valence-electron chi connectivity index (χ2n) is 8.47. The van der Waals surface area contributed by atoms with Crippen molar-refractivity contribution in [2.24, 2.45) is 17.8 Å². The number of hydrogen-bond donors (Lipinski definition) is 2. The smallest absolute Gasteiger partial charge is 0.307 e. The summed E-state index contributed by atoms with van der Waals surface area (Å²) in [5.41, 5.74) is 0.853. The number of carboxylic acids is 1.